The summed E-state index contributed by atoms with van der Waals surface area (Å²) in [5, 5.41) is 0. The third kappa shape index (κ3) is 2.60. The fourth-order valence-corrected chi connectivity index (χ4v) is 2.93. The molecule has 0 fully saturated rings. The van der Waals surface area contributed by atoms with E-state index < -0.39 is 0 Å². The van der Waals surface area contributed by atoms with E-state index >= 15 is 0 Å². The Morgan fingerprint density at radius 1 is 1.35 bits per heavy atom. The lowest BCUT2D eigenvalue weighted by atomic mass is 9.91. The number of rotatable bonds is 3. The fourth-order valence-electron chi connectivity index (χ4n) is 2.93. The lowest BCUT2D eigenvalue weighted by Crippen LogP contribution is -2.22. The summed E-state index contributed by atoms with van der Waals surface area (Å²) < 4.78 is 5.94. The Balaban J connectivity index is 1.81. The van der Waals surface area contributed by atoms with Crippen LogP contribution in [-0.4, -0.2) is 11.6 Å². The van der Waals surface area contributed by atoms with E-state index in [0.29, 0.717) is 0 Å². The van der Waals surface area contributed by atoms with Crippen LogP contribution in [0.3, 0.4) is 0 Å². The third-order valence-electron chi connectivity index (χ3n) is 4.02. The van der Waals surface area contributed by atoms with Crippen LogP contribution in [0.4, 0.5) is 0 Å². The van der Waals surface area contributed by atoms with Crippen molar-refractivity contribution in [2.24, 2.45) is 5.73 Å². The molecule has 0 saturated heterocycles. The van der Waals surface area contributed by atoms with Crippen molar-refractivity contribution in [3.8, 4) is 0 Å². The van der Waals surface area contributed by atoms with Gasteiger partial charge in [0, 0.05) is 18.4 Å². The lowest BCUT2D eigenvalue weighted by molar-refractivity contribution is 0.0319. The number of nitrogens with zero attached hydrogens (tertiary/aromatic N) is 1. The summed E-state index contributed by atoms with van der Waals surface area (Å²) in [6.07, 6.45) is 5.57. The Kier molecular flexibility index (Phi) is 3.81. The number of aryl methyl sites for hydroxylation is 1. The minimum atomic E-state index is -0.0193. The van der Waals surface area contributed by atoms with E-state index in [-0.39, 0.29) is 12.1 Å². The number of aromatic nitrogens is 1. The van der Waals surface area contributed by atoms with E-state index in [9.17, 15) is 0 Å². The van der Waals surface area contributed by atoms with Gasteiger partial charge < -0.3 is 10.5 Å². The van der Waals surface area contributed by atoms with Gasteiger partial charge in [-0.05, 0) is 48.1 Å². The number of benzene rings is 1. The predicted octanol–water partition coefficient (Wildman–Crippen LogP) is 3.09. The summed E-state index contributed by atoms with van der Waals surface area (Å²) in [5.74, 6) is 0. The molecule has 3 rings (SSSR count). The molecule has 104 valence electrons. The lowest BCUT2D eigenvalue weighted by Gasteiger charge is -2.28. The molecular formula is C17H20N2O. The second-order valence-electron chi connectivity index (χ2n) is 5.38. The fraction of sp³-hybridized carbons (Fsp3) is 0.353. The van der Waals surface area contributed by atoms with Crippen molar-refractivity contribution < 1.29 is 4.74 Å². The summed E-state index contributed by atoms with van der Waals surface area (Å²) in [6.45, 7) is 2.83. The van der Waals surface area contributed by atoms with Gasteiger partial charge in [0.25, 0.3) is 0 Å². The van der Waals surface area contributed by atoms with Gasteiger partial charge in [-0.25, -0.2) is 0 Å². The van der Waals surface area contributed by atoms with E-state index in [1.807, 2.05) is 12.3 Å². The zero-order chi connectivity index (χ0) is 13.9. The summed E-state index contributed by atoms with van der Waals surface area (Å²) in [7, 11) is 0. The van der Waals surface area contributed by atoms with E-state index in [1.54, 1.807) is 6.20 Å². The maximum absolute atomic E-state index is 6.38. The largest absolute Gasteiger partial charge is 0.373 e. The van der Waals surface area contributed by atoms with Crippen LogP contribution in [0.1, 0.15) is 40.8 Å². The van der Waals surface area contributed by atoms with Crippen LogP contribution >= 0.6 is 0 Å². The van der Waals surface area contributed by atoms with Gasteiger partial charge in [-0.2, -0.15) is 0 Å². The minimum Gasteiger partial charge on any atom is -0.373 e. The van der Waals surface area contributed by atoms with E-state index in [4.69, 9.17) is 10.5 Å². The molecular weight excluding hydrogens is 248 g/mol. The maximum atomic E-state index is 6.38. The maximum Gasteiger partial charge on any atom is 0.0845 e. The van der Waals surface area contributed by atoms with E-state index in [1.165, 1.54) is 11.1 Å². The molecule has 2 unspecified atom stereocenters. The highest BCUT2D eigenvalue weighted by atomic mass is 16.5. The Morgan fingerprint density at radius 2 is 2.20 bits per heavy atom. The van der Waals surface area contributed by atoms with Gasteiger partial charge >= 0.3 is 0 Å². The highest BCUT2D eigenvalue weighted by Crippen LogP contribution is 2.33. The molecule has 1 aromatic heterocycles. The minimum absolute atomic E-state index is 0.0193. The molecule has 3 nitrogen and oxygen atoms in total. The van der Waals surface area contributed by atoms with Gasteiger partial charge in [-0.3, -0.25) is 4.98 Å². The molecule has 2 atom stereocenters. The smallest absolute Gasteiger partial charge is 0.0845 e. The molecule has 1 aliphatic rings. The zero-order valence-electron chi connectivity index (χ0n) is 11.8. The first kappa shape index (κ1) is 13.3. The van der Waals surface area contributed by atoms with Gasteiger partial charge in [-0.15, -0.1) is 0 Å². The number of hydrogen-bond donors (Lipinski definition) is 1. The molecule has 2 heterocycles. The van der Waals surface area contributed by atoms with Crippen molar-refractivity contribution in [2.45, 2.75) is 31.9 Å². The second kappa shape index (κ2) is 5.73. The van der Waals surface area contributed by atoms with Crippen molar-refractivity contribution in [2.75, 3.05) is 6.61 Å². The van der Waals surface area contributed by atoms with Crippen LogP contribution in [0, 0.1) is 6.92 Å². The van der Waals surface area contributed by atoms with Crippen LogP contribution in [-0.2, 0) is 11.2 Å². The predicted molar refractivity (Wildman–Crippen MR) is 79.4 cm³/mol. The first-order valence-corrected chi connectivity index (χ1v) is 7.11. The molecule has 1 aliphatic heterocycles. The van der Waals surface area contributed by atoms with Crippen LogP contribution < -0.4 is 5.73 Å². The SMILES string of the molecule is Cc1cnccc1C(N)CC1OCCc2ccccc21. The molecule has 1 aromatic carbocycles. The Bertz CT molecular complexity index is 597. The molecule has 2 N–H and O–H groups in total. The number of fused-ring (bicyclic) bond motifs is 1. The van der Waals surface area contributed by atoms with Crippen molar-refractivity contribution in [1.29, 1.82) is 0 Å². The molecule has 0 aliphatic carbocycles. The molecule has 0 bridgehead atoms. The number of pyridine rings is 1. The normalized spacial score (nSPS) is 19.4. The van der Waals surface area contributed by atoms with E-state index in [2.05, 4.69) is 36.2 Å². The van der Waals surface area contributed by atoms with Gasteiger partial charge in [0.2, 0.25) is 0 Å². The average molecular weight is 268 g/mol. The second-order valence-corrected chi connectivity index (χ2v) is 5.38. The standard InChI is InChI=1S/C17H20N2O/c1-12-11-19-8-6-14(12)16(18)10-17-15-5-3-2-4-13(15)7-9-20-17/h2-6,8,11,16-17H,7,9-10,18H2,1H3. The van der Waals surface area contributed by atoms with Gasteiger partial charge in [-0.1, -0.05) is 24.3 Å². The van der Waals surface area contributed by atoms with Gasteiger partial charge in [0.15, 0.2) is 0 Å². The summed E-state index contributed by atoms with van der Waals surface area (Å²) in [4.78, 5) is 4.12. The van der Waals surface area contributed by atoms with E-state index in [0.717, 1.165) is 30.6 Å². The summed E-state index contributed by atoms with van der Waals surface area (Å²) in [6, 6.07) is 10.5. The highest BCUT2D eigenvalue weighted by Gasteiger charge is 2.23. The molecule has 0 saturated carbocycles. The summed E-state index contributed by atoms with van der Waals surface area (Å²) in [5.41, 5.74) is 11.4. The van der Waals surface area contributed by atoms with Crippen molar-refractivity contribution in [3.63, 3.8) is 0 Å². The monoisotopic (exact) mass is 268 g/mol. The number of ether oxygens (including phenoxy) is 1. The molecule has 0 amide bonds. The Labute approximate surface area is 119 Å². The summed E-state index contributed by atoms with van der Waals surface area (Å²) >= 11 is 0. The van der Waals surface area contributed by atoms with Crippen LogP contribution in [0.2, 0.25) is 0 Å². The quantitative estimate of drug-likeness (QED) is 0.930. The molecule has 3 heteroatoms. The Hall–Kier alpha value is -1.71. The number of nitrogens with two attached hydrogens (primary N) is 1. The van der Waals surface area contributed by atoms with Crippen LogP contribution in [0.15, 0.2) is 42.7 Å². The first-order chi connectivity index (χ1) is 9.75. The van der Waals surface area contributed by atoms with Crippen molar-refractivity contribution >= 4 is 0 Å². The first-order valence-electron chi connectivity index (χ1n) is 7.11. The van der Waals surface area contributed by atoms with Crippen LogP contribution in [0.5, 0.6) is 0 Å². The molecule has 0 spiro atoms. The van der Waals surface area contributed by atoms with Crippen LogP contribution in [0.25, 0.3) is 0 Å². The number of hydrogen-bond acceptors (Lipinski definition) is 3. The molecule has 20 heavy (non-hydrogen) atoms. The zero-order valence-corrected chi connectivity index (χ0v) is 11.8. The highest BCUT2D eigenvalue weighted by molar-refractivity contribution is 5.32. The third-order valence-corrected chi connectivity index (χ3v) is 4.02. The topological polar surface area (TPSA) is 48.1 Å². The average Bonchev–Trinajstić information content (AvgIpc) is 2.48. The van der Waals surface area contributed by atoms with Crippen molar-refractivity contribution in [3.05, 3.63) is 65.0 Å². The van der Waals surface area contributed by atoms with Gasteiger partial charge in [0.1, 0.15) is 0 Å². The Morgan fingerprint density at radius 3 is 3.05 bits per heavy atom. The van der Waals surface area contributed by atoms with Crippen molar-refractivity contribution in [1.82, 2.24) is 4.98 Å². The van der Waals surface area contributed by atoms with Gasteiger partial charge in [0.05, 0.1) is 12.7 Å². The molecule has 2 aromatic rings. The molecule has 0 radical (unpaired) electrons.